The van der Waals surface area contributed by atoms with Crippen LogP contribution in [0.2, 0.25) is 0 Å². The highest BCUT2D eigenvalue weighted by molar-refractivity contribution is 6.06. The first-order valence-corrected chi connectivity index (χ1v) is 8.27. The number of hydrogen-bond acceptors (Lipinski definition) is 6. The number of carbonyl (C=O) groups is 3. The van der Waals surface area contributed by atoms with Crippen molar-refractivity contribution in [2.45, 2.75) is 20.3 Å². The van der Waals surface area contributed by atoms with Crippen molar-refractivity contribution in [3.63, 3.8) is 0 Å². The largest absolute Gasteiger partial charge is 0.508 e. The minimum absolute atomic E-state index is 0.0574. The molecule has 0 bridgehead atoms. The zero-order valence-electron chi connectivity index (χ0n) is 15.3. The molecular formula is C19H20N4O5. The van der Waals surface area contributed by atoms with E-state index in [9.17, 15) is 24.6 Å². The monoisotopic (exact) mass is 384 g/mol. The molecule has 9 nitrogen and oxygen atoms in total. The molecule has 0 saturated heterocycles. The molecule has 0 unspecified atom stereocenters. The highest BCUT2D eigenvalue weighted by Gasteiger charge is 2.11. The molecular weight excluding hydrogens is 364 g/mol. The fraction of sp³-hybridized carbons (Fsp3) is 0.158. The van der Waals surface area contributed by atoms with Crippen LogP contribution in [0.5, 0.6) is 11.5 Å². The molecule has 2 rings (SSSR count). The Bertz CT molecular complexity index is 922. The summed E-state index contributed by atoms with van der Waals surface area (Å²) >= 11 is 0. The van der Waals surface area contributed by atoms with Crippen molar-refractivity contribution in [2.75, 3.05) is 10.6 Å². The molecule has 0 radical (unpaired) electrons. The van der Waals surface area contributed by atoms with Crippen molar-refractivity contribution in [2.24, 2.45) is 5.10 Å². The molecule has 2 aromatic carbocycles. The number of carbonyl (C=O) groups excluding carboxylic acids is 3. The molecule has 0 aliphatic carbocycles. The van der Waals surface area contributed by atoms with Gasteiger partial charge in [-0.15, -0.1) is 0 Å². The summed E-state index contributed by atoms with van der Waals surface area (Å²) in [7, 11) is 0. The second-order valence-electron chi connectivity index (χ2n) is 5.97. The Hall–Kier alpha value is -3.88. The van der Waals surface area contributed by atoms with Crippen LogP contribution in [0.15, 0.2) is 47.6 Å². The summed E-state index contributed by atoms with van der Waals surface area (Å²) in [5.41, 5.74) is 3.69. The number of rotatable bonds is 6. The number of amides is 3. The molecule has 5 N–H and O–H groups in total. The van der Waals surface area contributed by atoms with Crippen molar-refractivity contribution in [3.8, 4) is 11.5 Å². The predicted octanol–water partition coefficient (Wildman–Crippen LogP) is 2.19. The van der Waals surface area contributed by atoms with Crippen molar-refractivity contribution in [1.29, 1.82) is 0 Å². The van der Waals surface area contributed by atoms with Gasteiger partial charge in [-0.05, 0) is 43.3 Å². The molecule has 0 saturated carbocycles. The topological polar surface area (TPSA) is 140 Å². The summed E-state index contributed by atoms with van der Waals surface area (Å²) in [4.78, 5) is 35.0. The van der Waals surface area contributed by atoms with Crippen molar-refractivity contribution in [1.82, 2.24) is 5.43 Å². The lowest BCUT2D eigenvalue weighted by molar-refractivity contribution is -0.115. The van der Waals surface area contributed by atoms with E-state index >= 15 is 0 Å². The van der Waals surface area contributed by atoms with E-state index in [0.717, 1.165) is 6.07 Å². The second-order valence-corrected chi connectivity index (χ2v) is 5.97. The number of aromatic hydroxyl groups is 2. The maximum Gasteiger partial charge on any atom is 0.275 e. The van der Waals surface area contributed by atoms with Gasteiger partial charge in [-0.25, -0.2) is 5.43 Å². The van der Waals surface area contributed by atoms with Gasteiger partial charge in [0.15, 0.2) is 0 Å². The van der Waals surface area contributed by atoms with Crippen LogP contribution >= 0.6 is 0 Å². The maximum absolute atomic E-state index is 12.0. The summed E-state index contributed by atoms with van der Waals surface area (Å²) < 4.78 is 0. The standard InChI is InChI=1S/C19H20N4O5/c1-11(22-23-19(28)16-8-7-15(25)10-17(16)26)9-18(27)21-14-5-3-13(4-6-14)20-12(2)24/h3-8,10,25-26H,9H2,1-2H3,(H,20,24)(H,21,27)(H,23,28)/b22-11+. The van der Waals surface area contributed by atoms with E-state index in [1.807, 2.05) is 0 Å². The molecule has 0 heterocycles. The van der Waals surface area contributed by atoms with Crippen molar-refractivity contribution >= 4 is 34.8 Å². The molecule has 3 amide bonds. The Morgan fingerprint density at radius 3 is 2.11 bits per heavy atom. The van der Waals surface area contributed by atoms with Gasteiger partial charge in [-0.1, -0.05) is 0 Å². The highest BCUT2D eigenvalue weighted by atomic mass is 16.3. The van der Waals surface area contributed by atoms with Gasteiger partial charge >= 0.3 is 0 Å². The lowest BCUT2D eigenvalue weighted by Gasteiger charge is -2.07. The van der Waals surface area contributed by atoms with Gasteiger partial charge in [-0.2, -0.15) is 5.10 Å². The molecule has 0 spiro atoms. The molecule has 146 valence electrons. The summed E-state index contributed by atoms with van der Waals surface area (Å²) in [6.07, 6.45) is -0.0602. The zero-order valence-corrected chi connectivity index (χ0v) is 15.3. The molecule has 0 atom stereocenters. The quantitative estimate of drug-likeness (QED) is 0.384. The van der Waals surface area contributed by atoms with Crippen LogP contribution in [0.3, 0.4) is 0 Å². The number of phenolic OH excluding ortho intramolecular Hbond substituents is 2. The number of phenols is 2. The smallest absolute Gasteiger partial charge is 0.275 e. The lowest BCUT2D eigenvalue weighted by atomic mass is 10.2. The van der Waals surface area contributed by atoms with Gasteiger partial charge in [0.25, 0.3) is 5.91 Å². The molecule has 0 aliphatic heterocycles. The summed E-state index contributed by atoms with van der Waals surface area (Å²) in [5, 5.41) is 28.0. The van der Waals surface area contributed by atoms with Gasteiger partial charge in [-0.3, -0.25) is 14.4 Å². The Balaban J connectivity index is 1.89. The molecule has 0 aromatic heterocycles. The third-order valence-electron chi connectivity index (χ3n) is 3.48. The number of hydrazone groups is 1. The number of hydrogen-bond donors (Lipinski definition) is 5. The molecule has 0 fully saturated rings. The summed E-state index contributed by atoms with van der Waals surface area (Å²) in [6.45, 7) is 2.97. The average molecular weight is 384 g/mol. The maximum atomic E-state index is 12.0. The van der Waals surface area contributed by atoms with Gasteiger partial charge in [0.1, 0.15) is 11.5 Å². The Labute approximate surface area is 161 Å². The fourth-order valence-corrected chi connectivity index (χ4v) is 2.24. The van der Waals surface area contributed by atoms with Gasteiger partial charge in [0, 0.05) is 30.1 Å². The van der Waals surface area contributed by atoms with Gasteiger partial charge < -0.3 is 20.8 Å². The molecule has 0 aliphatic rings. The third-order valence-corrected chi connectivity index (χ3v) is 3.48. The van der Waals surface area contributed by atoms with Crippen molar-refractivity contribution < 1.29 is 24.6 Å². The van der Waals surface area contributed by atoms with Crippen LogP contribution in [0.25, 0.3) is 0 Å². The Morgan fingerprint density at radius 1 is 0.929 bits per heavy atom. The highest BCUT2D eigenvalue weighted by Crippen LogP contribution is 2.22. The Kier molecular flexibility index (Phi) is 6.69. The van der Waals surface area contributed by atoms with Crippen LogP contribution < -0.4 is 16.1 Å². The normalized spacial score (nSPS) is 10.9. The van der Waals surface area contributed by atoms with Crippen LogP contribution in [0, 0.1) is 0 Å². The first-order valence-electron chi connectivity index (χ1n) is 8.27. The van der Waals surface area contributed by atoms with E-state index in [1.54, 1.807) is 31.2 Å². The van der Waals surface area contributed by atoms with E-state index in [2.05, 4.69) is 21.2 Å². The fourth-order valence-electron chi connectivity index (χ4n) is 2.24. The van der Waals surface area contributed by atoms with Crippen LogP contribution in [0.4, 0.5) is 11.4 Å². The Morgan fingerprint density at radius 2 is 1.54 bits per heavy atom. The summed E-state index contributed by atoms with van der Waals surface area (Å²) in [5.74, 6) is -1.76. The minimum Gasteiger partial charge on any atom is -0.508 e. The number of nitrogens with zero attached hydrogens (tertiary/aromatic N) is 1. The molecule has 2 aromatic rings. The molecule has 9 heteroatoms. The average Bonchev–Trinajstić information content (AvgIpc) is 2.61. The SMILES string of the molecule is CC(=O)Nc1ccc(NC(=O)C/C(C)=N/NC(=O)c2ccc(O)cc2O)cc1. The third kappa shape index (κ3) is 6.13. The van der Waals surface area contributed by atoms with Gasteiger partial charge in [0.05, 0.1) is 12.0 Å². The number of nitrogens with one attached hydrogen (secondary N) is 3. The van der Waals surface area contributed by atoms with Crippen molar-refractivity contribution in [3.05, 3.63) is 48.0 Å². The van der Waals surface area contributed by atoms with Crippen LogP contribution in [-0.2, 0) is 9.59 Å². The lowest BCUT2D eigenvalue weighted by Crippen LogP contribution is -2.21. The van der Waals surface area contributed by atoms with E-state index in [4.69, 9.17) is 0 Å². The number of anilines is 2. The first-order chi connectivity index (χ1) is 13.2. The molecule has 28 heavy (non-hydrogen) atoms. The van der Waals surface area contributed by atoms with Crippen LogP contribution in [-0.4, -0.2) is 33.6 Å². The van der Waals surface area contributed by atoms with E-state index in [1.165, 1.54) is 19.1 Å². The first kappa shape index (κ1) is 20.4. The van der Waals surface area contributed by atoms with Crippen LogP contribution in [0.1, 0.15) is 30.6 Å². The second kappa shape index (κ2) is 9.17. The van der Waals surface area contributed by atoms with E-state index in [-0.39, 0.29) is 35.3 Å². The summed E-state index contributed by atoms with van der Waals surface area (Å²) in [6, 6.07) is 10.1. The van der Waals surface area contributed by atoms with E-state index < -0.39 is 5.91 Å². The zero-order chi connectivity index (χ0) is 20.7. The predicted molar refractivity (Wildman–Crippen MR) is 104 cm³/mol. The van der Waals surface area contributed by atoms with Gasteiger partial charge in [0.2, 0.25) is 11.8 Å². The van der Waals surface area contributed by atoms with E-state index in [0.29, 0.717) is 17.1 Å². The minimum atomic E-state index is -0.675. The number of benzene rings is 2.